The number of nitrogens with zero attached hydrogens (tertiary/aromatic N) is 2. The predicted octanol–water partition coefficient (Wildman–Crippen LogP) is 3.72. The van der Waals surface area contributed by atoms with Gasteiger partial charge in [-0.15, -0.1) is 0 Å². The van der Waals surface area contributed by atoms with Crippen LogP contribution in [0.4, 0.5) is 11.5 Å². The first kappa shape index (κ1) is 18.4. The zero-order valence-corrected chi connectivity index (χ0v) is 15.2. The molecule has 0 radical (unpaired) electrons. The minimum absolute atomic E-state index is 0.516. The van der Waals surface area contributed by atoms with E-state index in [-0.39, 0.29) is 0 Å². The lowest BCUT2D eigenvalue weighted by Crippen LogP contribution is -2.25. The quantitative estimate of drug-likeness (QED) is 0.639. The maximum Gasteiger partial charge on any atom is 0.217 e. The SMILES string of the molecule is CCCN(CCC)c1cc(N)nc(OCCNC2=CCCCC2)c1. The summed E-state index contributed by atoms with van der Waals surface area (Å²) >= 11 is 0. The molecule has 1 heterocycles. The van der Waals surface area contributed by atoms with Crippen molar-refractivity contribution in [3.05, 3.63) is 23.9 Å². The van der Waals surface area contributed by atoms with Gasteiger partial charge in [0.25, 0.3) is 0 Å². The zero-order valence-electron chi connectivity index (χ0n) is 15.2. The molecule has 134 valence electrons. The van der Waals surface area contributed by atoms with Gasteiger partial charge in [0, 0.05) is 43.2 Å². The largest absolute Gasteiger partial charge is 0.476 e. The molecular weight excluding hydrogens is 300 g/mol. The van der Waals surface area contributed by atoms with Crippen LogP contribution in [0.5, 0.6) is 5.88 Å². The van der Waals surface area contributed by atoms with Crippen LogP contribution in [-0.2, 0) is 0 Å². The lowest BCUT2D eigenvalue weighted by atomic mass is 10.1. The van der Waals surface area contributed by atoms with Crippen LogP contribution in [0, 0.1) is 0 Å². The molecule has 0 bridgehead atoms. The first-order valence-electron chi connectivity index (χ1n) is 9.31. The second kappa shape index (κ2) is 10.1. The van der Waals surface area contributed by atoms with Crippen LogP contribution in [0.2, 0.25) is 0 Å². The summed E-state index contributed by atoms with van der Waals surface area (Å²) in [6, 6.07) is 3.94. The Balaban J connectivity index is 1.88. The normalized spacial score (nSPS) is 14.2. The molecule has 0 saturated heterocycles. The fourth-order valence-electron chi connectivity index (χ4n) is 3.04. The van der Waals surface area contributed by atoms with Gasteiger partial charge in [0.2, 0.25) is 5.88 Å². The van der Waals surface area contributed by atoms with E-state index in [1.807, 2.05) is 12.1 Å². The fourth-order valence-corrected chi connectivity index (χ4v) is 3.04. The first-order valence-corrected chi connectivity index (χ1v) is 9.31. The van der Waals surface area contributed by atoms with E-state index in [2.05, 4.69) is 35.1 Å². The molecule has 0 fully saturated rings. The third kappa shape index (κ3) is 5.95. The number of nitrogens with one attached hydrogen (secondary N) is 1. The van der Waals surface area contributed by atoms with E-state index >= 15 is 0 Å². The van der Waals surface area contributed by atoms with Crippen LogP contribution < -0.4 is 20.7 Å². The van der Waals surface area contributed by atoms with E-state index in [0.29, 0.717) is 18.3 Å². The van der Waals surface area contributed by atoms with Crippen molar-refractivity contribution in [1.29, 1.82) is 0 Å². The van der Waals surface area contributed by atoms with Crippen LogP contribution >= 0.6 is 0 Å². The second-order valence-corrected chi connectivity index (χ2v) is 6.33. The Kier molecular flexibility index (Phi) is 7.72. The molecule has 2 rings (SSSR count). The third-order valence-electron chi connectivity index (χ3n) is 4.15. The molecule has 0 saturated carbocycles. The average molecular weight is 332 g/mol. The minimum Gasteiger partial charge on any atom is -0.476 e. The third-order valence-corrected chi connectivity index (χ3v) is 4.15. The molecule has 0 amide bonds. The number of hydrogen-bond acceptors (Lipinski definition) is 5. The molecule has 0 atom stereocenters. The van der Waals surface area contributed by atoms with Crippen molar-refractivity contribution >= 4 is 11.5 Å². The summed E-state index contributed by atoms with van der Waals surface area (Å²) in [7, 11) is 0. The number of allylic oxidation sites excluding steroid dienone is 2. The van der Waals surface area contributed by atoms with Crippen LogP contribution in [0.1, 0.15) is 52.4 Å². The van der Waals surface area contributed by atoms with E-state index in [9.17, 15) is 0 Å². The molecule has 1 aliphatic rings. The number of nitrogen functional groups attached to an aromatic ring is 1. The Labute approximate surface area is 146 Å². The summed E-state index contributed by atoms with van der Waals surface area (Å²) in [5.74, 6) is 1.13. The summed E-state index contributed by atoms with van der Waals surface area (Å²) in [5, 5.41) is 3.45. The van der Waals surface area contributed by atoms with Gasteiger partial charge < -0.3 is 20.7 Å². The number of nitrogens with two attached hydrogens (primary N) is 1. The van der Waals surface area contributed by atoms with Gasteiger partial charge in [0.15, 0.2) is 0 Å². The van der Waals surface area contributed by atoms with Gasteiger partial charge >= 0.3 is 0 Å². The molecule has 5 heteroatoms. The van der Waals surface area contributed by atoms with E-state index in [1.165, 1.54) is 25.0 Å². The fraction of sp³-hybridized carbons (Fsp3) is 0.632. The van der Waals surface area contributed by atoms with Crippen molar-refractivity contribution in [2.75, 3.05) is 36.9 Å². The van der Waals surface area contributed by atoms with E-state index in [0.717, 1.165) is 44.6 Å². The van der Waals surface area contributed by atoms with Crippen LogP contribution in [0.25, 0.3) is 0 Å². The maximum absolute atomic E-state index is 5.97. The van der Waals surface area contributed by atoms with Crippen LogP contribution in [0.15, 0.2) is 23.9 Å². The molecule has 24 heavy (non-hydrogen) atoms. The number of ether oxygens (including phenoxy) is 1. The predicted molar refractivity (Wildman–Crippen MR) is 101 cm³/mol. The molecule has 0 aliphatic heterocycles. The molecule has 1 aromatic rings. The van der Waals surface area contributed by atoms with Gasteiger partial charge in [0.1, 0.15) is 12.4 Å². The lowest BCUT2D eigenvalue weighted by Gasteiger charge is -2.24. The second-order valence-electron chi connectivity index (χ2n) is 6.33. The average Bonchev–Trinajstić information content (AvgIpc) is 2.59. The maximum atomic E-state index is 5.97. The highest BCUT2D eigenvalue weighted by molar-refractivity contribution is 5.55. The lowest BCUT2D eigenvalue weighted by molar-refractivity contribution is 0.306. The Morgan fingerprint density at radius 2 is 2.00 bits per heavy atom. The van der Waals surface area contributed by atoms with Gasteiger partial charge in [0.05, 0.1) is 0 Å². The topological polar surface area (TPSA) is 63.4 Å². The van der Waals surface area contributed by atoms with Gasteiger partial charge in [-0.1, -0.05) is 19.9 Å². The molecule has 0 aromatic carbocycles. The van der Waals surface area contributed by atoms with Gasteiger partial charge in [-0.05, 0) is 38.5 Å². The molecule has 5 nitrogen and oxygen atoms in total. The smallest absolute Gasteiger partial charge is 0.217 e. The van der Waals surface area contributed by atoms with Gasteiger partial charge in [-0.3, -0.25) is 0 Å². The van der Waals surface area contributed by atoms with Crippen molar-refractivity contribution in [2.24, 2.45) is 0 Å². The highest BCUT2D eigenvalue weighted by Crippen LogP contribution is 2.23. The standard InChI is InChI=1S/C19H32N4O/c1-3-11-23(12-4-2)17-14-18(20)22-19(15-17)24-13-10-21-16-8-6-5-7-9-16/h8,14-15,21H,3-7,9-13H2,1-2H3,(H2,20,22). The van der Waals surface area contributed by atoms with Crippen molar-refractivity contribution in [1.82, 2.24) is 10.3 Å². The number of pyridine rings is 1. The van der Waals surface area contributed by atoms with Crippen molar-refractivity contribution in [2.45, 2.75) is 52.4 Å². The summed E-state index contributed by atoms with van der Waals surface area (Å²) < 4.78 is 5.82. The number of anilines is 2. The Bertz CT molecular complexity index is 524. The highest BCUT2D eigenvalue weighted by atomic mass is 16.5. The van der Waals surface area contributed by atoms with E-state index in [1.54, 1.807) is 0 Å². The molecule has 1 aliphatic carbocycles. The summed E-state index contributed by atoms with van der Waals surface area (Å²) in [5.41, 5.74) is 8.42. The summed E-state index contributed by atoms with van der Waals surface area (Å²) in [6.07, 6.45) is 9.45. The highest BCUT2D eigenvalue weighted by Gasteiger charge is 2.09. The van der Waals surface area contributed by atoms with Gasteiger partial charge in [-0.25, -0.2) is 0 Å². The Morgan fingerprint density at radius 1 is 1.21 bits per heavy atom. The first-order chi connectivity index (χ1) is 11.7. The van der Waals surface area contributed by atoms with Crippen LogP contribution in [0.3, 0.4) is 0 Å². The van der Waals surface area contributed by atoms with E-state index < -0.39 is 0 Å². The molecule has 3 N–H and O–H groups in total. The number of rotatable bonds is 10. The summed E-state index contributed by atoms with van der Waals surface area (Å²) in [4.78, 5) is 6.65. The minimum atomic E-state index is 0.516. The number of aromatic nitrogens is 1. The summed E-state index contributed by atoms with van der Waals surface area (Å²) in [6.45, 7) is 7.81. The Morgan fingerprint density at radius 3 is 2.67 bits per heavy atom. The molecule has 0 unspecified atom stereocenters. The van der Waals surface area contributed by atoms with Crippen molar-refractivity contribution in [3.63, 3.8) is 0 Å². The zero-order chi connectivity index (χ0) is 17.2. The molecule has 1 aromatic heterocycles. The molecule has 0 spiro atoms. The van der Waals surface area contributed by atoms with E-state index in [4.69, 9.17) is 10.5 Å². The van der Waals surface area contributed by atoms with Crippen molar-refractivity contribution < 1.29 is 4.74 Å². The number of hydrogen-bond donors (Lipinski definition) is 2. The molecular formula is C19H32N4O. The van der Waals surface area contributed by atoms with Crippen molar-refractivity contribution in [3.8, 4) is 5.88 Å². The van der Waals surface area contributed by atoms with Gasteiger partial charge in [-0.2, -0.15) is 4.98 Å². The monoisotopic (exact) mass is 332 g/mol. The van der Waals surface area contributed by atoms with Crippen LogP contribution in [-0.4, -0.2) is 31.2 Å². The Hall–Kier alpha value is -1.91.